The molecular weight excluding hydrogens is 424 g/mol. The number of hydrogen-bond acceptors (Lipinski definition) is 9. The van der Waals surface area contributed by atoms with Crippen LogP contribution in [0.3, 0.4) is 0 Å². The van der Waals surface area contributed by atoms with Gasteiger partial charge in [0.15, 0.2) is 0 Å². The Kier molecular flexibility index (Phi) is 7.51. The second-order valence-corrected chi connectivity index (χ2v) is 9.05. The Balaban J connectivity index is 1.74. The summed E-state index contributed by atoms with van der Waals surface area (Å²) >= 11 is 1.71. The number of methoxy groups -OCH3 is 1. The number of nitrogens with zero attached hydrogens (tertiary/aromatic N) is 6. The van der Waals surface area contributed by atoms with E-state index in [1.807, 2.05) is 18.3 Å². The Hall–Kier alpha value is -2.33. The van der Waals surface area contributed by atoms with Gasteiger partial charge in [0.1, 0.15) is 0 Å². The van der Waals surface area contributed by atoms with Crippen LogP contribution in [-0.2, 0) is 11.3 Å². The Labute approximate surface area is 193 Å². The van der Waals surface area contributed by atoms with Crippen LogP contribution in [0.4, 0.5) is 5.95 Å². The number of pyridine rings is 1. The van der Waals surface area contributed by atoms with Crippen molar-refractivity contribution in [2.75, 3.05) is 72.0 Å². The van der Waals surface area contributed by atoms with E-state index >= 15 is 0 Å². The smallest absolute Gasteiger partial charge is 0.226 e. The summed E-state index contributed by atoms with van der Waals surface area (Å²) in [5.41, 5.74) is 4.20. The third kappa shape index (κ3) is 5.17. The lowest BCUT2D eigenvalue weighted by Gasteiger charge is -2.27. The average Bonchev–Trinajstić information content (AvgIpc) is 3.24. The molecule has 3 aromatic heterocycles. The van der Waals surface area contributed by atoms with Gasteiger partial charge in [-0.1, -0.05) is 6.92 Å². The minimum Gasteiger partial charge on any atom is -0.481 e. The van der Waals surface area contributed by atoms with Crippen molar-refractivity contribution < 1.29 is 9.47 Å². The van der Waals surface area contributed by atoms with E-state index in [-0.39, 0.29) is 0 Å². The van der Waals surface area contributed by atoms with Crippen LogP contribution < -0.4 is 9.64 Å². The number of likely N-dealkylation sites (N-methyl/N-ethyl adjacent to an activating group) is 2. The van der Waals surface area contributed by atoms with E-state index in [2.05, 4.69) is 46.1 Å². The molecule has 0 aliphatic carbocycles. The van der Waals surface area contributed by atoms with Crippen LogP contribution in [-0.4, -0.2) is 91.9 Å². The van der Waals surface area contributed by atoms with Crippen molar-refractivity contribution >= 4 is 27.5 Å². The van der Waals surface area contributed by atoms with Gasteiger partial charge in [-0.2, -0.15) is 0 Å². The van der Waals surface area contributed by atoms with Gasteiger partial charge in [-0.15, -0.1) is 11.3 Å². The van der Waals surface area contributed by atoms with E-state index in [9.17, 15) is 0 Å². The molecule has 4 heterocycles. The molecule has 9 heteroatoms. The van der Waals surface area contributed by atoms with Crippen LogP contribution in [0.2, 0.25) is 0 Å². The molecule has 172 valence electrons. The fourth-order valence-corrected chi connectivity index (χ4v) is 4.75. The summed E-state index contributed by atoms with van der Waals surface area (Å²) in [5, 5.41) is 2.24. The highest BCUT2D eigenvalue weighted by Gasteiger charge is 2.21. The first kappa shape index (κ1) is 22.8. The zero-order chi connectivity index (χ0) is 22.5. The Bertz CT molecular complexity index is 1020. The van der Waals surface area contributed by atoms with Crippen molar-refractivity contribution in [3.63, 3.8) is 0 Å². The van der Waals surface area contributed by atoms with Gasteiger partial charge in [-0.05, 0) is 32.1 Å². The molecule has 0 bridgehead atoms. The fourth-order valence-electron chi connectivity index (χ4n) is 3.74. The number of rotatable bonds is 9. The van der Waals surface area contributed by atoms with Crippen LogP contribution in [0, 0.1) is 0 Å². The van der Waals surface area contributed by atoms with E-state index in [4.69, 9.17) is 19.4 Å². The second-order valence-electron chi connectivity index (χ2n) is 8.17. The van der Waals surface area contributed by atoms with Gasteiger partial charge in [0, 0.05) is 56.1 Å². The standard InChI is InChI=1S/C23H32N6O2S/c1-5-28(9-8-27(2)3)15-18-16-32-22-20(17-6-7-19(30-4)24-14-17)25-23(26-21(18)22)29-10-12-31-13-11-29/h6-7,14,16H,5,8-13,15H2,1-4H3. The number of thiophene rings is 1. The maximum Gasteiger partial charge on any atom is 0.226 e. The summed E-state index contributed by atoms with van der Waals surface area (Å²) in [6.45, 7) is 9.16. The molecule has 1 saturated heterocycles. The Morgan fingerprint density at radius 1 is 1.16 bits per heavy atom. The third-order valence-electron chi connectivity index (χ3n) is 5.69. The number of morpholine rings is 1. The first-order valence-corrected chi connectivity index (χ1v) is 11.9. The van der Waals surface area contributed by atoms with Crippen molar-refractivity contribution in [3.05, 3.63) is 29.3 Å². The molecule has 0 spiro atoms. The first-order chi connectivity index (χ1) is 15.6. The van der Waals surface area contributed by atoms with E-state index < -0.39 is 0 Å². The molecule has 1 fully saturated rings. The highest BCUT2D eigenvalue weighted by atomic mass is 32.1. The summed E-state index contributed by atoms with van der Waals surface area (Å²) in [5.74, 6) is 1.36. The maximum atomic E-state index is 5.54. The monoisotopic (exact) mass is 456 g/mol. The van der Waals surface area contributed by atoms with Crippen molar-refractivity contribution in [3.8, 4) is 17.1 Å². The molecule has 0 unspecified atom stereocenters. The zero-order valence-corrected chi connectivity index (χ0v) is 20.2. The molecular formula is C23H32N6O2S. The van der Waals surface area contributed by atoms with Crippen LogP contribution in [0.5, 0.6) is 5.88 Å². The van der Waals surface area contributed by atoms with Crippen molar-refractivity contribution in [2.24, 2.45) is 0 Å². The molecule has 0 saturated carbocycles. The van der Waals surface area contributed by atoms with Crippen LogP contribution >= 0.6 is 11.3 Å². The van der Waals surface area contributed by atoms with Gasteiger partial charge in [-0.3, -0.25) is 4.90 Å². The molecule has 0 atom stereocenters. The van der Waals surface area contributed by atoms with Gasteiger partial charge in [0.05, 0.1) is 36.2 Å². The second kappa shape index (κ2) is 10.5. The van der Waals surface area contributed by atoms with Crippen molar-refractivity contribution in [1.29, 1.82) is 0 Å². The molecule has 3 aromatic rings. The summed E-state index contributed by atoms with van der Waals surface area (Å²) in [6.07, 6.45) is 1.83. The molecule has 1 aliphatic heterocycles. The quantitative estimate of drug-likeness (QED) is 0.487. The van der Waals surface area contributed by atoms with Gasteiger partial charge in [0.2, 0.25) is 11.8 Å². The number of ether oxygens (including phenoxy) is 2. The lowest BCUT2D eigenvalue weighted by molar-refractivity contribution is 0.122. The predicted octanol–water partition coefficient (Wildman–Crippen LogP) is 2.98. The van der Waals surface area contributed by atoms with Gasteiger partial charge < -0.3 is 19.3 Å². The minimum atomic E-state index is 0.596. The lowest BCUT2D eigenvalue weighted by Crippen LogP contribution is -2.37. The molecule has 0 aromatic carbocycles. The molecule has 0 radical (unpaired) electrons. The topological polar surface area (TPSA) is 66.9 Å². The van der Waals surface area contributed by atoms with E-state index in [0.717, 1.165) is 66.7 Å². The number of hydrogen-bond donors (Lipinski definition) is 0. The van der Waals surface area contributed by atoms with Crippen LogP contribution in [0.1, 0.15) is 12.5 Å². The molecule has 0 N–H and O–H groups in total. The van der Waals surface area contributed by atoms with Crippen LogP contribution in [0.15, 0.2) is 23.7 Å². The summed E-state index contributed by atoms with van der Waals surface area (Å²) in [6, 6.07) is 3.90. The predicted molar refractivity (Wildman–Crippen MR) is 130 cm³/mol. The van der Waals surface area contributed by atoms with E-state index in [0.29, 0.717) is 19.1 Å². The SMILES string of the molecule is CCN(CCN(C)C)Cc1csc2c(-c3ccc(OC)nc3)nc(N3CCOCC3)nc12. The Morgan fingerprint density at radius 2 is 1.97 bits per heavy atom. The van der Waals surface area contributed by atoms with Gasteiger partial charge >= 0.3 is 0 Å². The van der Waals surface area contributed by atoms with E-state index in [1.165, 1.54) is 5.56 Å². The molecule has 0 amide bonds. The van der Waals surface area contributed by atoms with E-state index in [1.54, 1.807) is 18.4 Å². The maximum absolute atomic E-state index is 5.54. The number of anilines is 1. The zero-order valence-electron chi connectivity index (χ0n) is 19.4. The highest BCUT2D eigenvalue weighted by molar-refractivity contribution is 7.17. The summed E-state index contributed by atoms with van der Waals surface area (Å²) < 4.78 is 11.9. The largest absolute Gasteiger partial charge is 0.481 e. The average molecular weight is 457 g/mol. The molecule has 4 rings (SSSR count). The van der Waals surface area contributed by atoms with Crippen LogP contribution in [0.25, 0.3) is 21.5 Å². The number of fused-ring (bicyclic) bond motifs is 1. The molecule has 8 nitrogen and oxygen atoms in total. The highest BCUT2D eigenvalue weighted by Crippen LogP contribution is 2.35. The third-order valence-corrected chi connectivity index (χ3v) is 6.72. The van der Waals surface area contributed by atoms with Crippen molar-refractivity contribution in [1.82, 2.24) is 24.8 Å². The lowest BCUT2D eigenvalue weighted by atomic mass is 10.1. The fraction of sp³-hybridized carbons (Fsp3) is 0.522. The van der Waals surface area contributed by atoms with Gasteiger partial charge in [-0.25, -0.2) is 15.0 Å². The minimum absolute atomic E-state index is 0.596. The molecule has 1 aliphatic rings. The van der Waals surface area contributed by atoms with Crippen molar-refractivity contribution in [2.45, 2.75) is 13.5 Å². The Morgan fingerprint density at radius 3 is 2.62 bits per heavy atom. The molecule has 32 heavy (non-hydrogen) atoms. The normalized spacial score (nSPS) is 14.6. The number of aromatic nitrogens is 3. The van der Waals surface area contributed by atoms with Gasteiger partial charge in [0.25, 0.3) is 0 Å². The summed E-state index contributed by atoms with van der Waals surface area (Å²) in [7, 11) is 5.86. The first-order valence-electron chi connectivity index (χ1n) is 11.1. The summed E-state index contributed by atoms with van der Waals surface area (Å²) in [4.78, 5) is 21.4.